The summed E-state index contributed by atoms with van der Waals surface area (Å²) in [5, 5.41) is 0. The minimum Gasteiger partial charge on any atom is -0.103 e. The first-order chi connectivity index (χ1) is 5.88. The van der Waals surface area contributed by atoms with Gasteiger partial charge in [-0.2, -0.15) is 0 Å². The van der Waals surface area contributed by atoms with E-state index in [4.69, 9.17) is 0 Å². The summed E-state index contributed by atoms with van der Waals surface area (Å²) in [5.41, 5.74) is 0. The molecule has 0 heterocycles. The molecule has 0 aliphatic heterocycles. The highest BCUT2D eigenvalue weighted by Crippen LogP contribution is 2.33. The van der Waals surface area contributed by atoms with E-state index < -0.39 is 0 Å². The summed E-state index contributed by atoms with van der Waals surface area (Å²) < 4.78 is 0. The van der Waals surface area contributed by atoms with Crippen LogP contribution in [-0.2, 0) is 0 Å². The highest BCUT2D eigenvalue weighted by atomic mass is 14.3. The average molecular weight is 166 g/mol. The maximum absolute atomic E-state index is 3.94. The quantitative estimate of drug-likeness (QED) is 0.550. The lowest BCUT2D eigenvalue weighted by Gasteiger charge is -2.29. The molecule has 0 radical (unpaired) electrons. The third-order valence-electron chi connectivity index (χ3n) is 3.20. The molecule has 1 saturated carbocycles. The molecule has 0 bridgehead atoms. The van der Waals surface area contributed by atoms with Crippen molar-refractivity contribution in [2.45, 2.75) is 51.9 Å². The number of allylic oxidation sites excluding steroid dienone is 1. The molecular weight excluding hydrogens is 144 g/mol. The second-order valence-corrected chi connectivity index (χ2v) is 4.09. The Morgan fingerprint density at radius 3 is 2.75 bits per heavy atom. The summed E-state index contributed by atoms with van der Waals surface area (Å²) in [6, 6.07) is 0. The highest BCUT2D eigenvalue weighted by molar-refractivity contribution is 4.87. The molecule has 0 heteroatoms. The van der Waals surface area contributed by atoms with Crippen LogP contribution in [0.4, 0.5) is 0 Å². The number of unbranched alkanes of at least 4 members (excludes halogenated alkanes) is 1. The van der Waals surface area contributed by atoms with Gasteiger partial charge in [0.25, 0.3) is 0 Å². The maximum atomic E-state index is 3.94. The summed E-state index contributed by atoms with van der Waals surface area (Å²) in [4.78, 5) is 0. The van der Waals surface area contributed by atoms with Crippen LogP contribution in [0.5, 0.6) is 0 Å². The van der Waals surface area contributed by atoms with Crippen molar-refractivity contribution in [3.63, 3.8) is 0 Å². The first-order valence-electron chi connectivity index (χ1n) is 5.51. The average Bonchev–Trinajstić information content (AvgIpc) is 2.15. The zero-order chi connectivity index (χ0) is 8.81. The normalized spacial score (nSPS) is 30.1. The third kappa shape index (κ3) is 2.66. The minimum atomic E-state index is 0.838. The molecule has 0 aromatic carbocycles. The Hall–Kier alpha value is -0.260. The van der Waals surface area contributed by atoms with E-state index in [1.807, 2.05) is 0 Å². The van der Waals surface area contributed by atoms with Gasteiger partial charge in [-0.05, 0) is 31.1 Å². The highest BCUT2D eigenvalue weighted by Gasteiger charge is 2.21. The van der Waals surface area contributed by atoms with Crippen molar-refractivity contribution in [1.29, 1.82) is 0 Å². The van der Waals surface area contributed by atoms with Crippen LogP contribution < -0.4 is 0 Å². The summed E-state index contributed by atoms with van der Waals surface area (Å²) >= 11 is 0. The van der Waals surface area contributed by atoms with Gasteiger partial charge in [0.1, 0.15) is 0 Å². The van der Waals surface area contributed by atoms with Gasteiger partial charge in [-0.25, -0.2) is 0 Å². The van der Waals surface area contributed by atoms with E-state index in [2.05, 4.69) is 19.6 Å². The standard InChI is InChI=1S/C12H22/c1-3-5-8-12-10-7-6-9-11(12)4-2/h4,11-12H,2-3,5-10H2,1H3. The van der Waals surface area contributed by atoms with Gasteiger partial charge >= 0.3 is 0 Å². The SMILES string of the molecule is C=CC1CCCCC1CCCC. The van der Waals surface area contributed by atoms with E-state index in [1.165, 1.54) is 44.9 Å². The van der Waals surface area contributed by atoms with Crippen LogP contribution in [0.2, 0.25) is 0 Å². The molecule has 1 fully saturated rings. The summed E-state index contributed by atoms with van der Waals surface area (Å²) in [6.45, 7) is 6.23. The number of hydrogen-bond donors (Lipinski definition) is 0. The van der Waals surface area contributed by atoms with Gasteiger partial charge in [-0.1, -0.05) is 38.7 Å². The van der Waals surface area contributed by atoms with Crippen LogP contribution in [0, 0.1) is 11.8 Å². The lowest BCUT2D eigenvalue weighted by atomic mass is 9.77. The second kappa shape index (κ2) is 5.40. The van der Waals surface area contributed by atoms with E-state index in [0.29, 0.717) is 0 Å². The predicted molar refractivity (Wildman–Crippen MR) is 55.2 cm³/mol. The summed E-state index contributed by atoms with van der Waals surface area (Å²) in [7, 11) is 0. The summed E-state index contributed by atoms with van der Waals surface area (Å²) in [6.07, 6.45) is 12.1. The van der Waals surface area contributed by atoms with Crippen molar-refractivity contribution in [3.05, 3.63) is 12.7 Å². The molecule has 70 valence electrons. The van der Waals surface area contributed by atoms with Gasteiger partial charge in [-0.15, -0.1) is 6.58 Å². The summed E-state index contributed by atoms with van der Waals surface area (Å²) in [5.74, 6) is 1.81. The molecule has 0 aromatic rings. The molecule has 0 amide bonds. The Morgan fingerprint density at radius 2 is 2.08 bits per heavy atom. The Bertz CT molecular complexity index is 126. The number of rotatable bonds is 4. The van der Waals surface area contributed by atoms with Crippen molar-refractivity contribution in [2.24, 2.45) is 11.8 Å². The molecule has 0 spiro atoms. The van der Waals surface area contributed by atoms with Gasteiger partial charge in [0.2, 0.25) is 0 Å². The van der Waals surface area contributed by atoms with Gasteiger partial charge in [0, 0.05) is 0 Å². The maximum Gasteiger partial charge on any atom is -0.0208 e. The van der Waals surface area contributed by atoms with Crippen molar-refractivity contribution in [1.82, 2.24) is 0 Å². The van der Waals surface area contributed by atoms with Crippen LogP contribution in [0.3, 0.4) is 0 Å². The third-order valence-corrected chi connectivity index (χ3v) is 3.20. The lowest BCUT2D eigenvalue weighted by molar-refractivity contribution is 0.263. The fraction of sp³-hybridized carbons (Fsp3) is 0.833. The van der Waals surface area contributed by atoms with E-state index in [0.717, 1.165) is 11.8 Å². The van der Waals surface area contributed by atoms with E-state index in [-0.39, 0.29) is 0 Å². The lowest BCUT2D eigenvalue weighted by Crippen LogP contribution is -2.17. The second-order valence-electron chi connectivity index (χ2n) is 4.09. The van der Waals surface area contributed by atoms with Crippen molar-refractivity contribution >= 4 is 0 Å². The zero-order valence-electron chi connectivity index (χ0n) is 8.39. The van der Waals surface area contributed by atoms with Gasteiger partial charge in [-0.3, -0.25) is 0 Å². The molecular formula is C12H22. The van der Waals surface area contributed by atoms with E-state index >= 15 is 0 Å². The zero-order valence-corrected chi connectivity index (χ0v) is 8.39. The molecule has 0 nitrogen and oxygen atoms in total. The fourth-order valence-corrected chi connectivity index (χ4v) is 2.37. The molecule has 2 atom stereocenters. The van der Waals surface area contributed by atoms with E-state index in [9.17, 15) is 0 Å². The van der Waals surface area contributed by atoms with Crippen LogP contribution in [-0.4, -0.2) is 0 Å². The molecule has 1 rings (SSSR count). The Kier molecular flexibility index (Phi) is 4.42. The van der Waals surface area contributed by atoms with Gasteiger partial charge in [0.15, 0.2) is 0 Å². The molecule has 12 heavy (non-hydrogen) atoms. The van der Waals surface area contributed by atoms with Gasteiger partial charge < -0.3 is 0 Å². The van der Waals surface area contributed by atoms with Crippen LogP contribution >= 0.6 is 0 Å². The molecule has 1 aliphatic carbocycles. The Morgan fingerprint density at radius 1 is 1.33 bits per heavy atom. The smallest absolute Gasteiger partial charge is 0.0208 e. The van der Waals surface area contributed by atoms with Crippen molar-refractivity contribution in [3.8, 4) is 0 Å². The van der Waals surface area contributed by atoms with Crippen molar-refractivity contribution < 1.29 is 0 Å². The molecule has 2 unspecified atom stereocenters. The van der Waals surface area contributed by atoms with Crippen LogP contribution in [0.15, 0.2) is 12.7 Å². The minimum absolute atomic E-state index is 0.838. The van der Waals surface area contributed by atoms with E-state index in [1.54, 1.807) is 0 Å². The monoisotopic (exact) mass is 166 g/mol. The molecule has 0 aromatic heterocycles. The molecule has 0 N–H and O–H groups in total. The Labute approximate surface area is 77.1 Å². The molecule has 0 saturated heterocycles. The fourth-order valence-electron chi connectivity index (χ4n) is 2.37. The number of hydrogen-bond acceptors (Lipinski definition) is 0. The van der Waals surface area contributed by atoms with Gasteiger partial charge in [0.05, 0.1) is 0 Å². The van der Waals surface area contributed by atoms with Crippen LogP contribution in [0.25, 0.3) is 0 Å². The molecule has 1 aliphatic rings. The first-order valence-corrected chi connectivity index (χ1v) is 5.51. The largest absolute Gasteiger partial charge is 0.103 e. The van der Waals surface area contributed by atoms with Crippen LogP contribution in [0.1, 0.15) is 51.9 Å². The van der Waals surface area contributed by atoms with Crippen molar-refractivity contribution in [2.75, 3.05) is 0 Å². The topological polar surface area (TPSA) is 0 Å². The predicted octanol–water partition coefficient (Wildman–Crippen LogP) is 4.17. The Balaban J connectivity index is 2.31. The first kappa shape index (κ1) is 9.83.